The minimum absolute atomic E-state index is 0.0875. The highest BCUT2D eigenvalue weighted by Gasteiger charge is 2.12. The van der Waals surface area contributed by atoms with Crippen molar-refractivity contribution in [3.8, 4) is 16.3 Å². The molecular formula is C18H18N2O3S. The van der Waals surface area contributed by atoms with Crippen molar-refractivity contribution in [3.63, 3.8) is 0 Å². The molecule has 0 spiro atoms. The van der Waals surface area contributed by atoms with E-state index in [1.54, 1.807) is 48.8 Å². The van der Waals surface area contributed by atoms with Crippen LogP contribution < -0.4 is 10.3 Å². The molecule has 0 aliphatic heterocycles. The highest BCUT2D eigenvalue weighted by molar-refractivity contribution is 7.15. The topological polar surface area (TPSA) is 64.3 Å². The van der Waals surface area contributed by atoms with E-state index in [0.717, 1.165) is 10.6 Å². The summed E-state index contributed by atoms with van der Waals surface area (Å²) in [5.74, 6) is 0.662. The largest absolute Gasteiger partial charge is 0.497 e. The minimum atomic E-state index is -0.842. The van der Waals surface area contributed by atoms with Crippen LogP contribution in [0.1, 0.15) is 16.5 Å². The lowest BCUT2D eigenvalue weighted by atomic mass is 10.1. The fourth-order valence-electron chi connectivity index (χ4n) is 2.40. The van der Waals surface area contributed by atoms with E-state index in [-0.39, 0.29) is 12.1 Å². The van der Waals surface area contributed by atoms with Gasteiger partial charge in [0.15, 0.2) is 0 Å². The van der Waals surface area contributed by atoms with Gasteiger partial charge >= 0.3 is 0 Å². The molecular weight excluding hydrogens is 324 g/mol. The van der Waals surface area contributed by atoms with Crippen molar-refractivity contribution in [2.24, 2.45) is 0 Å². The molecule has 0 saturated carbocycles. The van der Waals surface area contributed by atoms with Gasteiger partial charge in [-0.15, -0.1) is 11.3 Å². The van der Waals surface area contributed by atoms with Crippen LogP contribution in [0, 0.1) is 6.92 Å². The van der Waals surface area contributed by atoms with Crippen LogP contribution in [0.25, 0.3) is 10.6 Å². The summed E-state index contributed by atoms with van der Waals surface area (Å²) in [6.07, 6.45) is -0.842. The van der Waals surface area contributed by atoms with Gasteiger partial charge in [0.05, 0.1) is 24.6 Å². The van der Waals surface area contributed by atoms with E-state index < -0.39 is 6.10 Å². The predicted octanol–water partition coefficient (Wildman–Crippen LogP) is 3.02. The summed E-state index contributed by atoms with van der Waals surface area (Å²) >= 11 is 1.62. The summed E-state index contributed by atoms with van der Waals surface area (Å²) in [7, 11) is 1.57. The van der Waals surface area contributed by atoms with E-state index in [4.69, 9.17) is 4.74 Å². The molecule has 3 rings (SSSR count). The maximum Gasteiger partial charge on any atom is 0.266 e. The average Bonchev–Trinajstić information content (AvgIpc) is 3.03. The highest BCUT2D eigenvalue weighted by atomic mass is 32.1. The zero-order valence-corrected chi connectivity index (χ0v) is 14.3. The molecule has 6 heteroatoms. The van der Waals surface area contributed by atoms with Crippen LogP contribution in [0.3, 0.4) is 0 Å². The van der Waals surface area contributed by atoms with E-state index in [1.807, 2.05) is 19.1 Å². The second-order valence-corrected chi connectivity index (χ2v) is 6.73. The van der Waals surface area contributed by atoms with Gasteiger partial charge in [-0.3, -0.25) is 4.79 Å². The zero-order valence-electron chi connectivity index (χ0n) is 13.5. The van der Waals surface area contributed by atoms with Crippen LogP contribution in [-0.4, -0.2) is 22.0 Å². The number of ether oxygens (including phenoxy) is 1. The zero-order chi connectivity index (χ0) is 17.1. The van der Waals surface area contributed by atoms with Gasteiger partial charge < -0.3 is 9.84 Å². The molecule has 2 heterocycles. The summed E-state index contributed by atoms with van der Waals surface area (Å²) in [5, 5.41) is 14.8. The molecule has 1 N–H and O–H groups in total. The number of hydrogen-bond donors (Lipinski definition) is 1. The third-order valence-electron chi connectivity index (χ3n) is 3.68. The lowest BCUT2D eigenvalue weighted by Gasteiger charge is -2.13. The third-order valence-corrected chi connectivity index (χ3v) is 4.71. The summed E-state index contributed by atoms with van der Waals surface area (Å²) < 4.78 is 6.46. The van der Waals surface area contributed by atoms with Gasteiger partial charge in [-0.05, 0) is 42.8 Å². The van der Waals surface area contributed by atoms with Crippen LogP contribution in [0.2, 0.25) is 0 Å². The van der Waals surface area contributed by atoms with Crippen molar-refractivity contribution in [1.29, 1.82) is 0 Å². The van der Waals surface area contributed by atoms with Crippen molar-refractivity contribution >= 4 is 11.3 Å². The van der Waals surface area contributed by atoms with Gasteiger partial charge in [0.1, 0.15) is 11.4 Å². The number of aliphatic hydroxyl groups excluding tert-OH is 1. The molecule has 0 bridgehead atoms. The number of hydrogen-bond acceptors (Lipinski definition) is 5. The lowest BCUT2D eigenvalue weighted by molar-refractivity contribution is 0.149. The number of nitrogens with zero attached hydrogens (tertiary/aromatic N) is 2. The Kier molecular flexibility index (Phi) is 4.78. The maximum atomic E-state index is 12.1. The molecule has 0 amide bonds. The van der Waals surface area contributed by atoms with Crippen molar-refractivity contribution in [1.82, 2.24) is 9.78 Å². The van der Waals surface area contributed by atoms with Gasteiger partial charge in [-0.25, -0.2) is 4.68 Å². The number of aliphatic hydroxyl groups is 1. The summed E-state index contributed by atoms with van der Waals surface area (Å²) in [6, 6.07) is 14.3. The summed E-state index contributed by atoms with van der Waals surface area (Å²) in [4.78, 5) is 14.2. The van der Waals surface area contributed by atoms with Crippen LogP contribution >= 0.6 is 11.3 Å². The van der Waals surface area contributed by atoms with Gasteiger partial charge in [0, 0.05) is 10.9 Å². The Morgan fingerprint density at radius 3 is 2.79 bits per heavy atom. The number of methoxy groups -OCH3 is 1. The van der Waals surface area contributed by atoms with Crippen molar-refractivity contribution in [3.05, 3.63) is 69.3 Å². The van der Waals surface area contributed by atoms with Crippen molar-refractivity contribution in [2.75, 3.05) is 7.11 Å². The van der Waals surface area contributed by atoms with E-state index in [1.165, 1.54) is 15.6 Å². The Morgan fingerprint density at radius 1 is 1.25 bits per heavy atom. The molecule has 0 fully saturated rings. The molecule has 0 aliphatic carbocycles. The van der Waals surface area contributed by atoms with Crippen molar-refractivity contribution in [2.45, 2.75) is 19.6 Å². The quantitative estimate of drug-likeness (QED) is 0.774. The Hall–Kier alpha value is -2.44. The van der Waals surface area contributed by atoms with Crippen LogP contribution in [0.5, 0.6) is 5.75 Å². The smallest absolute Gasteiger partial charge is 0.266 e. The molecule has 2 aromatic heterocycles. The maximum absolute atomic E-state index is 12.1. The van der Waals surface area contributed by atoms with E-state index in [2.05, 4.69) is 5.10 Å². The van der Waals surface area contributed by atoms with Gasteiger partial charge in [-0.2, -0.15) is 5.10 Å². The first kappa shape index (κ1) is 16.4. The second-order valence-electron chi connectivity index (χ2n) is 5.44. The number of benzene rings is 1. The number of rotatable bonds is 5. The van der Waals surface area contributed by atoms with Crippen LogP contribution in [0.15, 0.2) is 53.3 Å². The Morgan fingerprint density at radius 2 is 2.08 bits per heavy atom. The predicted molar refractivity (Wildman–Crippen MR) is 94.5 cm³/mol. The first-order valence-corrected chi connectivity index (χ1v) is 8.35. The molecule has 1 atom stereocenters. The molecule has 3 aromatic rings. The first-order chi connectivity index (χ1) is 11.6. The normalized spacial score (nSPS) is 12.1. The monoisotopic (exact) mass is 342 g/mol. The SMILES string of the molecule is COc1cccc(C(O)Cn2nc(-c3ccc(C)s3)ccc2=O)c1. The van der Waals surface area contributed by atoms with E-state index >= 15 is 0 Å². The van der Waals surface area contributed by atoms with Gasteiger partial charge in [0.25, 0.3) is 5.56 Å². The highest BCUT2D eigenvalue weighted by Crippen LogP contribution is 2.25. The van der Waals surface area contributed by atoms with Crippen LogP contribution in [0.4, 0.5) is 0 Å². The number of aromatic nitrogens is 2. The summed E-state index contributed by atoms with van der Waals surface area (Å²) in [5.41, 5.74) is 1.17. The molecule has 0 radical (unpaired) electrons. The average molecular weight is 342 g/mol. The molecule has 0 aliphatic rings. The molecule has 24 heavy (non-hydrogen) atoms. The van der Waals surface area contributed by atoms with E-state index in [9.17, 15) is 9.90 Å². The summed E-state index contributed by atoms with van der Waals surface area (Å²) in [6.45, 7) is 2.11. The van der Waals surface area contributed by atoms with E-state index in [0.29, 0.717) is 11.3 Å². The fourth-order valence-corrected chi connectivity index (χ4v) is 3.23. The molecule has 1 unspecified atom stereocenters. The standard InChI is InChI=1S/C18H18N2O3S/c1-12-6-8-17(24-12)15-7-9-18(22)20(19-15)11-16(21)13-4-3-5-14(10-13)23-2/h3-10,16,21H,11H2,1-2H3. The minimum Gasteiger partial charge on any atom is -0.497 e. The third kappa shape index (κ3) is 3.55. The fraction of sp³-hybridized carbons (Fsp3) is 0.222. The Bertz CT molecular complexity index is 901. The molecule has 124 valence electrons. The Labute approximate surface area is 143 Å². The second kappa shape index (κ2) is 6.98. The molecule has 1 aromatic carbocycles. The lowest BCUT2D eigenvalue weighted by Crippen LogP contribution is -2.25. The Balaban J connectivity index is 1.87. The van der Waals surface area contributed by atoms with Crippen molar-refractivity contribution < 1.29 is 9.84 Å². The van der Waals surface area contributed by atoms with Gasteiger partial charge in [-0.1, -0.05) is 12.1 Å². The number of thiophene rings is 1. The van der Waals surface area contributed by atoms with Gasteiger partial charge in [0.2, 0.25) is 0 Å². The molecule has 0 saturated heterocycles. The van der Waals surface area contributed by atoms with Crippen LogP contribution in [-0.2, 0) is 6.54 Å². The number of aryl methyl sites for hydroxylation is 1. The molecule has 5 nitrogen and oxygen atoms in total. The first-order valence-electron chi connectivity index (χ1n) is 7.54.